The normalized spacial score (nSPS) is 12.3. The molecule has 204 valence electrons. The Bertz CT molecular complexity index is 1630. The van der Waals surface area contributed by atoms with Crippen molar-refractivity contribution in [2.45, 2.75) is 52.5 Å². The van der Waals surface area contributed by atoms with Gasteiger partial charge in [-0.05, 0) is 33.3 Å². The maximum atomic E-state index is 13.3. The molecule has 4 aromatic heterocycles. The zero-order valence-electron chi connectivity index (χ0n) is 22.0. The molecule has 0 amide bonds. The van der Waals surface area contributed by atoms with Crippen molar-refractivity contribution in [3.05, 3.63) is 59.1 Å². The van der Waals surface area contributed by atoms with Gasteiger partial charge in [-0.1, -0.05) is 35.9 Å². The van der Waals surface area contributed by atoms with E-state index in [-0.39, 0.29) is 17.9 Å². The van der Waals surface area contributed by atoms with Gasteiger partial charge in [0.25, 0.3) is 0 Å². The van der Waals surface area contributed by atoms with Crippen molar-refractivity contribution < 1.29 is 13.2 Å². The van der Waals surface area contributed by atoms with E-state index >= 15 is 0 Å². The number of hydrogen-bond donors (Lipinski definition) is 1. The molecular weight excluding hydrogens is 531 g/mol. The lowest BCUT2D eigenvalue weighted by Gasteiger charge is -2.13. The second-order valence-electron chi connectivity index (χ2n) is 9.81. The van der Waals surface area contributed by atoms with Crippen LogP contribution in [0.5, 0.6) is 0 Å². The quantitative estimate of drug-likeness (QED) is 0.244. The van der Waals surface area contributed by atoms with E-state index in [0.29, 0.717) is 45.5 Å². The van der Waals surface area contributed by atoms with E-state index in [1.807, 2.05) is 39.8 Å². The predicted octanol–water partition coefficient (Wildman–Crippen LogP) is 6.54. The number of imidazole rings is 1. The van der Waals surface area contributed by atoms with Crippen LogP contribution in [0.4, 0.5) is 19.0 Å². The minimum atomic E-state index is -4.51. The molecule has 0 aliphatic heterocycles. The van der Waals surface area contributed by atoms with Crippen molar-refractivity contribution in [2.24, 2.45) is 7.05 Å². The van der Waals surface area contributed by atoms with Crippen molar-refractivity contribution >= 4 is 28.5 Å². The Balaban J connectivity index is 1.44. The Kier molecular flexibility index (Phi) is 6.83. The first kappa shape index (κ1) is 26.7. The molecule has 9 nitrogen and oxygen atoms in total. The zero-order valence-corrected chi connectivity index (χ0v) is 22.7. The molecule has 0 fully saturated rings. The van der Waals surface area contributed by atoms with Crippen LogP contribution in [0.15, 0.2) is 42.9 Å². The maximum Gasteiger partial charge on any atom is 0.434 e. The number of alkyl halides is 3. The van der Waals surface area contributed by atoms with Crippen LogP contribution in [0.3, 0.4) is 0 Å². The third-order valence-corrected chi connectivity index (χ3v) is 6.46. The second-order valence-corrected chi connectivity index (χ2v) is 10.2. The average Bonchev–Trinajstić information content (AvgIpc) is 3.58. The van der Waals surface area contributed by atoms with E-state index < -0.39 is 11.9 Å². The lowest BCUT2D eigenvalue weighted by molar-refractivity contribution is -0.140. The lowest BCUT2D eigenvalue weighted by Crippen LogP contribution is -2.09. The molecule has 0 bridgehead atoms. The number of fused-ring (bicyclic) bond motifs is 1. The smallest absolute Gasteiger partial charge is 0.364 e. The molecule has 1 aromatic carbocycles. The molecule has 39 heavy (non-hydrogen) atoms. The summed E-state index contributed by atoms with van der Waals surface area (Å²) in [4.78, 5) is 13.3. The summed E-state index contributed by atoms with van der Waals surface area (Å²) in [6.45, 7) is 8.02. The first-order chi connectivity index (χ1) is 18.4. The molecule has 0 saturated heterocycles. The van der Waals surface area contributed by atoms with E-state index in [2.05, 4.69) is 25.5 Å². The van der Waals surface area contributed by atoms with E-state index in [9.17, 15) is 13.2 Å². The van der Waals surface area contributed by atoms with Crippen LogP contribution in [-0.2, 0) is 19.8 Å². The minimum Gasteiger partial charge on any atom is -0.364 e. The third kappa shape index (κ3) is 5.20. The van der Waals surface area contributed by atoms with Crippen molar-refractivity contribution in [3.63, 3.8) is 0 Å². The number of aryl methyl sites for hydroxylation is 1. The van der Waals surface area contributed by atoms with Crippen molar-refractivity contribution in [1.82, 2.24) is 39.1 Å². The molecule has 0 saturated carbocycles. The van der Waals surface area contributed by atoms with E-state index in [4.69, 9.17) is 16.6 Å². The first-order valence-corrected chi connectivity index (χ1v) is 12.7. The second kappa shape index (κ2) is 9.99. The highest BCUT2D eigenvalue weighted by molar-refractivity contribution is 6.32. The van der Waals surface area contributed by atoms with Crippen LogP contribution in [0.2, 0.25) is 5.02 Å². The molecule has 5 aromatic rings. The monoisotopic (exact) mass is 557 g/mol. The third-order valence-electron chi connectivity index (χ3n) is 6.18. The highest BCUT2D eigenvalue weighted by atomic mass is 35.5. The van der Waals surface area contributed by atoms with Crippen LogP contribution in [0.1, 0.15) is 51.0 Å². The first-order valence-electron chi connectivity index (χ1n) is 12.4. The fourth-order valence-electron chi connectivity index (χ4n) is 4.29. The molecule has 1 N–H and O–H groups in total. The van der Waals surface area contributed by atoms with Gasteiger partial charge < -0.3 is 9.88 Å². The summed E-state index contributed by atoms with van der Waals surface area (Å²) >= 11 is 6.45. The van der Waals surface area contributed by atoms with Gasteiger partial charge in [-0.25, -0.2) is 15.0 Å². The van der Waals surface area contributed by atoms with Crippen molar-refractivity contribution in [2.75, 3.05) is 5.32 Å². The summed E-state index contributed by atoms with van der Waals surface area (Å²) in [6.07, 6.45) is -0.0814. The number of nitrogens with one attached hydrogen (secondary N) is 1. The minimum absolute atomic E-state index is 0.0501. The van der Waals surface area contributed by atoms with Crippen molar-refractivity contribution in [1.29, 1.82) is 0 Å². The van der Waals surface area contributed by atoms with Gasteiger partial charge in [0.2, 0.25) is 0 Å². The zero-order chi connectivity index (χ0) is 28.1. The van der Waals surface area contributed by atoms with Gasteiger partial charge in [-0.2, -0.15) is 23.4 Å². The van der Waals surface area contributed by atoms with E-state index in [1.165, 1.54) is 4.57 Å². The molecular formula is C26H27ClF3N9. The largest absolute Gasteiger partial charge is 0.434 e. The van der Waals surface area contributed by atoms with Gasteiger partial charge in [0.1, 0.15) is 17.0 Å². The Morgan fingerprint density at radius 1 is 0.974 bits per heavy atom. The molecule has 0 spiro atoms. The van der Waals surface area contributed by atoms with Gasteiger partial charge in [0.05, 0.1) is 17.4 Å². The Morgan fingerprint density at radius 2 is 1.69 bits per heavy atom. The Hall–Kier alpha value is -3.93. The number of anilines is 1. The molecule has 5 rings (SSSR count). The van der Waals surface area contributed by atoms with Crippen LogP contribution < -0.4 is 5.32 Å². The number of halogens is 4. The Morgan fingerprint density at radius 3 is 2.33 bits per heavy atom. The summed E-state index contributed by atoms with van der Waals surface area (Å²) in [5, 5.41) is 12.6. The van der Waals surface area contributed by atoms with Crippen LogP contribution in [0, 0.1) is 0 Å². The van der Waals surface area contributed by atoms with E-state index in [0.717, 1.165) is 11.8 Å². The van der Waals surface area contributed by atoms with Gasteiger partial charge in [0.15, 0.2) is 22.9 Å². The summed E-state index contributed by atoms with van der Waals surface area (Å²) in [5.74, 6) is 1.22. The average molecular weight is 558 g/mol. The standard InChI is InChI=1S/C26H27ClF3N9/c1-14(2)38-13-20(26(28,29)30)34-25(38)17-8-6-16(7-9-17)10-31-23-21-19(12-37(5)36-21)33-24(35-23)22-18(27)11-32-39(22)15(3)4/h6-9,11-15H,10H2,1-5H3,(H,31,33,35). The fraction of sp³-hybridized carbons (Fsp3) is 0.346. The molecule has 0 radical (unpaired) electrons. The van der Waals surface area contributed by atoms with Gasteiger partial charge in [-0.3, -0.25) is 9.36 Å². The maximum absolute atomic E-state index is 13.3. The summed E-state index contributed by atoms with van der Waals surface area (Å²) in [7, 11) is 1.81. The molecule has 0 aliphatic rings. The number of nitrogens with zero attached hydrogens (tertiary/aromatic N) is 8. The SMILES string of the molecule is CC(C)n1cc(C(F)(F)F)nc1-c1ccc(CNc2nc(-c3c(Cl)cnn3C(C)C)nc3cn(C)nc23)cc1. The van der Waals surface area contributed by atoms with Gasteiger partial charge >= 0.3 is 6.18 Å². The summed E-state index contributed by atoms with van der Waals surface area (Å²) in [5.41, 5.74) is 2.44. The van der Waals surface area contributed by atoms with Crippen LogP contribution in [-0.4, -0.2) is 39.1 Å². The highest BCUT2D eigenvalue weighted by Gasteiger charge is 2.35. The number of hydrogen-bond acceptors (Lipinski definition) is 6. The fourth-order valence-corrected chi connectivity index (χ4v) is 4.51. The molecule has 0 aliphatic carbocycles. The van der Waals surface area contributed by atoms with Crippen molar-refractivity contribution in [3.8, 4) is 22.9 Å². The number of aromatic nitrogens is 8. The van der Waals surface area contributed by atoms with Crippen LogP contribution in [0.25, 0.3) is 33.9 Å². The molecule has 4 heterocycles. The topological polar surface area (TPSA) is 91.3 Å². The number of rotatable bonds is 7. The molecule has 13 heteroatoms. The molecule has 0 unspecified atom stereocenters. The number of benzene rings is 1. The molecule has 0 atom stereocenters. The van der Waals surface area contributed by atoms with Gasteiger partial charge in [-0.15, -0.1) is 0 Å². The Labute approximate surface area is 227 Å². The van der Waals surface area contributed by atoms with Gasteiger partial charge in [0, 0.05) is 37.4 Å². The van der Waals surface area contributed by atoms with E-state index in [1.54, 1.807) is 40.9 Å². The highest BCUT2D eigenvalue weighted by Crippen LogP contribution is 2.33. The van der Waals surface area contributed by atoms with Crippen LogP contribution >= 0.6 is 11.6 Å². The predicted molar refractivity (Wildman–Crippen MR) is 143 cm³/mol. The summed E-state index contributed by atoms with van der Waals surface area (Å²) < 4.78 is 44.8. The summed E-state index contributed by atoms with van der Waals surface area (Å²) in [6, 6.07) is 7.09. The lowest BCUT2D eigenvalue weighted by atomic mass is 10.1.